The largest absolute Gasteiger partial charge is 0.378 e. The molecule has 0 heterocycles. The molecule has 0 amide bonds. The van der Waals surface area contributed by atoms with Gasteiger partial charge in [0.1, 0.15) is 0 Å². The predicted octanol–water partition coefficient (Wildman–Crippen LogP) is 3.89. The van der Waals surface area contributed by atoms with Crippen LogP contribution in [0, 0.1) is 0 Å². The van der Waals surface area contributed by atoms with Gasteiger partial charge in [-0.1, -0.05) is 39.5 Å². The van der Waals surface area contributed by atoms with Gasteiger partial charge in [-0.3, -0.25) is 0 Å². The molecule has 1 fully saturated rings. The molecule has 2 heteroatoms. The molecule has 0 saturated heterocycles. The summed E-state index contributed by atoms with van der Waals surface area (Å²) < 4.78 is 5.96. The Balaban J connectivity index is 1.91. The fourth-order valence-electron chi connectivity index (χ4n) is 2.68. The van der Waals surface area contributed by atoms with Crippen molar-refractivity contribution >= 4 is 0 Å². The van der Waals surface area contributed by atoms with Crippen LogP contribution in [0.1, 0.15) is 71.6 Å². The molecule has 0 aromatic heterocycles. The first-order chi connectivity index (χ1) is 8.36. The van der Waals surface area contributed by atoms with Gasteiger partial charge >= 0.3 is 0 Å². The minimum atomic E-state index is 0.552. The molecular formula is C15H31NO. The van der Waals surface area contributed by atoms with Crippen molar-refractivity contribution in [1.82, 2.24) is 5.32 Å². The highest BCUT2D eigenvalue weighted by Gasteiger charge is 2.20. The molecule has 1 saturated carbocycles. The first kappa shape index (κ1) is 15.0. The van der Waals surface area contributed by atoms with E-state index in [-0.39, 0.29) is 0 Å². The monoisotopic (exact) mass is 241 g/mol. The van der Waals surface area contributed by atoms with Gasteiger partial charge in [-0.2, -0.15) is 0 Å². The van der Waals surface area contributed by atoms with Crippen LogP contribution in [0.15, 0.2) is 0 Å². The lowest BCUT2D eigenvalue weighted by Crippen LogP contribution is -2.35. The zero-order valence-electron chi connectivity index (χ0n) is 11.8. The summed E-state index contributed by atoms with van der Waals surface area (Å²) in [6.45, 7) is 6.55. The molecule has 1 aliphatic carbocycles. The van der Waals surface area contributed by atoms with Crippen molar-refractivity contribution in [2.75, 3.05) is 13.2 Å². The standard InChI is InChI=1S/C15H31NO/c1-3-5-6-7-8-13-17-15-11-9-14(10-12-15)16-4-2/h14-16H,3-13H2,1-2H3. The summed E-state index contributed by atoms with van der Waals surface area (Å²) in [4.78, 5) is 0. The van der Waals surface area contributed by atoms with E-state index in [1.165, 1.54) is 57.8 Å². The average Bonchev–Trinajstić information content (AvgIpc) is 2.36. The molecule has 0 radical (unpaired) electrons. The Morgan fingerprint density at radius 2 is 1.65 bits per heavy atom. The minimum Gasteiger partial charge on any atom is -0.378 e. The lowest BCUT2D eigenvalue weighted by atomic mass is 9.93. The first-order valence-corrected chi connectivity index (χ1v) is 7.71. The van der Waals surface area contributed by atoms with Crippen LogP contribution in [0.2, 0.25) is 0 Å². The first-order valence-electron chi connectivity index (χ1n) is 7.71. The van der Waals surface area contributed by atoms with E-state index in [0.29, 0.717) is 6.10 Å². The molecule has 0 bridgehead atoms. The van der Waals surface area contributed by atoms with Gasteiger partial charge in [0.25, 0.3) is 0 Å². The van der Waals surface area contributed by atoms with Gasteiger partial charge in [0.15, 0.2) is 0 Å². The molecule has 2 nitrogen and oxygen atoms in total. The van der Waals surface area contributed by atoms with E-state index in [4.69, 9.17) is 4.74 Å². The lowest BCUT2D eigenvalue weighted by molar-refractivity contribution is 0.0206. The van der Waals surface area contributed by atoms with Crippen LogP contribution in [0.5, 0.6) is 0 Å². The molecule has 102 valence electrons. The Hall–Kier alpha value is -0.0800. The normalized spacial score (nSPS) is 25.1. The Morgan fingerprint density at radius 3 is 2.29 bits per heavy atom. The van der Waals surface area contributed by atoms with Crippen LogP contribution in [0.4, 0.5) is 0 Å². The van der Waals surface area contributed by atoms with Gasteiger partial charge < -0.3 is 10.1 Å². The van der Waals surface area contributed by atoms with E-state index >= 15 is 0 Å². The number of ether oxygens (including phenoxy) is 1. The minimum absolute atomic E-state index is 0.552. The molecule has 1 rings (SSSR count). The lowest BCUT2D eigenvalue weighted by Gasteiger charge is -2.29. The van der Waals surface area contributed by atoms with Gasteiger partial charge in [-0.05, 0) is 38.6 Å². The molecule has 0 aromatic rings. The van der Waals surface area contributed by atoms with Gasteiger partial charge in [-0.15, -0.1) is 0 Å². The van der Waals surface area contributed by atoms with Gasteiger partial charge in [-0.25, -0.2) is 0 Å². The average molecular weight is 241 g/mol. The smallest absolute Gasteiger partial charge is 0.0576 e. The highest BCUT2D eigenvalue weighted by molar-refractivity contribution is 4.76. The fraction of sp³-hybridized carbons (Fsp3) is 1.00. The zero-order valence-corrected chi connectivity index (χ0v) is 11.8. The van der Waals surface area contributed by atoms with Crippen molar-refractivity contribution in [3.8, 4) is 0 Å². The summed E-state index contributed by atoms with van der Waals surface area (Å²) in [5.74, 6) is 0. The maximum absolute atomic E-state index is 5.96. The van der Waals surface area contributed by atoms with E-state index in [1.54, 1.807) is 0 Å². The summed E-state index contributed by atoms with van der Waals surface area (Å²) in [5, 5.41) is 3.54. The molecule has 0 unspecified atom stereocenters. The van der Waals surface area contributed by atoms with Crippen LogP contribution >= 0.6 is 0 Å². The molecule has 0 aliphatic heterocycles. The van der Waals surface area contributed by atoms with Crippen LogP contribution in [-0.2, 0) is 4.74 Å². The Kier molecular flexibility index (Phi) is 8.72. The fourth-order valence-corrected chi connectivity index (χ4v) is 2.68. The van der Waals surface area contributed by atoms with Crippen molar-refractivity contribution in [3.63, 3.8) is 0 Å². The number of hydrogen-bond donors (Lipinski definition) is 1. The van der Waals surface area contributed by atoms with E-state index in [9.17, 15) is 0 Å². The van der Waals surface area contributed by atoms with Crippen molar-refractivity contribution in [3.05, 3.63) is 0 Å². The maximum Gasteiger partial charge on any atom is 0.0576 e. The zero-order chi connectivity index (χ0) is 12.3. The third-order valence-corrected chi connectivity index (χ3v) is 3.77. The van der Waals surface area contributed by atoms with Crippen LogP contribution in [-0.4, -0.2) is 25.3 Å². The SMILES string of the molecule is CCCCCCCOC1CCC(NCC)CC1. The Bertz CT molecular complexity index is 164. The Morgan fingerprint density at radius 1 is 0.941 bits per heavy atom. The number of hydrogen-bond acceptors (Lipinski definition) is 2. The highest BCUT2D eigenvalue weighted by Crippen LogP contribution is 2.21. The van der Waals surface area contributed by atoms with Crippen molar-refractivity contribution in [2.45, 2.75) is 83.8 Å². The van der Waals surface area contributed by atoms with E-state index < -0.39 is 0 Å². The quantitative estimate of drug-likeness (QED) is 0.618. The number of rotatable bonds is 9. The molecule has 0 atom stereocenters. The molecule has 0 spiro atoms. The predicted molar refractivity (Wildman–Crippen MR) is 74.4 cm³/mol. The summed E-state index contributed by atoms with van der Waals surface area (Å²) in [7, 11) is 0. The summed E-state index contributed by atoms with van der Waals surface area (Å²) in [6, 6.07) is 0.754. The second-order valence-electron chi connectivity index (χ2n) is 5.32. The van der Waals surface area contributed by atoms with Gasteiger partial charge in [0, 0.05) is 12.6 Å². The third-order valence-electron chi connectivity index (χ3n) is 3.77. The van der Waals surface area contributed by atoms with Crippen LogP contribution < -0.4 is 5.32 Å². The summed E-state index contributed by atoms with van der Waals surface area (Å²) in [5.41, 5.74) is 0. The molecule has 1 N–H and O–H groups in total. The van der Waals surface area contributed by atoms with Crippen molar-refractivity contribution in [2.24, 2.45) is 0 Å². The molecular weight excluding hydrogens is 210 g/mol. The van der Waals surface area contributed by atoms with E-state index in [1.807, 2.05) is 0 Å². The third kappa shape index (κ3) is 7.05. The Labute approximate surface area is 108 Å². The molecule has 1 aliphatic rings. The summed E-state index contributed by atoms with van der Waals surface area (Å²) >= 11 is 0. The topological polar surface area (TPSA) is 21.3 Å². The number of unbranched alkanes of at least 4 members (excludes halogenated alkanes) is 4. The van der Waals surface area contributed by atoms with Crippen LogP contribution in [0.3, 0.4) is 0 Å². The maximum atomic E-state index is 5.96. The van der Waals surface area contributed by atoms with Crippen molar-refractivity contribution in [1.29, 1.82) is 0 Å². The molecule has 17 heavy (non-hydrogen) atoms. The van der Waals surface area contributed by atoms with Crippen molar-refractivity contribution < 1.29 is 4.74 Å². The second kappa shape index (κ2) is 9.90. The summed E-state index contributed by atoms with van der Waals surface area (Å²) in [6.07, 6.45) is 12.4. The highest BCUT2D eigenvalue weighted by atomic mass is 16.5. The molecule has 0 aromatic carbocycles. The van der Waals surface area contributed by atoms with Crippen LogP contribution in [0.25, 0.3) is 0 Å². The van der Waals surface area contributed by atoms with E-state index in [0.717, 1.165) is 19.2 Å². The van der Waals surface area contributed by atoms with Gasteiger partial charge in [0.2, 0.25) is 0 Å². The van der Waals surface area contributed by atoms with E-state index in [2.05, 4.69) is 19.2 Å². The number of nitrogens with one attached hydrogen (secondary N) is 1. The second-order valence-corrected chi connectivity index (χ2v) is 5.32. The van der Waals surface area contributed by atoms with Gasteiger partial charge in [0.05, 0.1) is 6.10 Å².